The molecule has 2 aromatic carbocycles. The largest absolute Gasteiger partial charge is 0.488 e. The molecule has 0 unspecified atom stereocenters. The van der Waals surface area contributed by atoms with Crippen LogP contribution in [-0.2, 0) is 0 Å². The van der Waals surface area contributed by atoms with Crippen LogP contribution in [0.25, 0.3) is 6.08 Å². The van der Waals surface area contributed by atoms with Crippen LogP contribution in [0.5, 0.6) is 5.75 Å². The van der Waals surface area contributed by atoms with Crippen molar-refractivity contribution < 1.29 is 13.9 Å². The molecule has 2 nitrogen and oxygen atoms in total. The number of hydrogen-bond acceptors (Lipinski definition) is 2. The molecule has 0 fully saturated rings. The van der Waals surface area contributed by atoms with Crippen molar-refractivity contribution in [1.29, 1.82) is 0 Å². The van der Waals surface area contributed by atoms with E-state index >= 15 is 0 Å². The molecule has 0 atom stereocenters. The standard InChI is InChI=1S/C18H15FO2/c1-11-7-12(2)18-16(8-11)17(20)14(10-21-18)9-13-3-5-15(19)6-4-13/h3-9H,10H2,1-2H3/b14-9-. The summed E-state index contributed by atoms with van der Waals surface area (Å²) in [6.45, 7) is 4.14. The fraction of sp³-hybridized carbons (Fsp3) is 0.167. The van der Waals surface area contributed by atoms with E-state index in [0.29, 0.717) is 16.9 Å². The first kappa shape index (κ1) is 13.6. The van der Waals surface area contributed by atoms with Gasteiger partial charge in [0.1, 0.15) is 18.2 Å². The lowest BCUT2D eigenvalue weighted by Crippen LogP contribution is -2.20. The molecule has 0 radical (unpaired) electrons. The van der Waals surface area contributed by atoms with Gasteiger partial charge in [-0.25, -0.2) is 4.39 Å². The smallest absolute Gasteiger partial charge is 0.196 e. The molecule has 0 spiro atoms. The van der Waals surface area contributed by atoms with Crippen LogP contribution in [0.1, 0.15) is 27.0 Å². The van der Waals surface area contributed by atoms with Gasteiger partial charge in [0.25, 0.3) is 0 Å². The van der Waals surface area contributed by atoms with Crippen molar-refractivity contribution in [2.75, 3.05) is 6.61 Å². The summed E-state index contributed by atoms with van der Waals surface area (Å²) in [5.41, 5.74) is 3.98. The molecule has 3 heteroatoms. The maximum Gasteiger partial charge on any atom is 0.196 e. The Hall–Kier alpha value is -2.42. The van der Waals surface area contributed by atoms with Crippen LogP contribution in [0, 0.1) is 19.7 Å². The summed E-state index contributed by atoms with van der Waals surface area (Å²) in [5, 5.41) is 0. The maximum absolute atomic E-state index is 12.9. The summed E-state index contributed by atoms with van der Waals surface area (Å²) in [5.74, 6) is 0.356. The lowest BCUT2D eigenvalue weighted by atomic mass is 9.95. The van der Waals surface area contributed by atoms with Gasteiger partial charge in [-0.05, 0) is 54.8 Å². The van der Waals surface area contributed by atoms with Crippen molar-refractivity contribution in [1.82, 2.24) is 0 Å². The van der Waals surface area contributed by atoms with Crippen LogP contribution in [0.4, 0.5) is 4.39 Å². The summed E-state index contributed by atoms with van der Waals surface area (Å²) >= 11 is 0. The van der Waals surface area contributed by atoms with Crippen LogP contribution >= 0.6 is 0 Å². The zero-order valence-electron chi connectivity index (χ0n) is 11.9. The molecule has 0 aliphatic carbocycles. The van der Waals surface area contributed by atoms with Gasteiger partial charge in [-0.3, -0.25) is 4.79 Å². The third-order valence-corrected chi connectivity index (χ3v) is 3.54. The predicted octanol–water partition coefficient (Wildman–Crippen LogP) is 4.10. The molecule has 1 aliphatic heterocycles. The van der Waals surface area contributed by atoms with Crippen LogP contribution < -0.4 is 4.74 Å². The van der Waals surface area contributed by atoms with Gasteiger partial charge in [0.05, 0.1) is 5.56 Å². The van der Waals surface area contributed by atoms with Crippen molar-refractivity contribution in [3.8, 4) is 5.75 Å². The van der Waals surface area contributed by atoms with E-state index in [9.17, 15) is 9.18 Å². The Morgan fingerprint density at radius 2 is 1.86 bits per heavy atom. The zero-order chi connectivity index (χ0) is 15.0. The summed E-state index contributed by atoms with van der Waals surface area (Å²) in [6, 6.07) is 9.90. The van der Waals surface area contributed by atoms with E-state index in [-0.39, 0.29) is 18.2 Å². The Kier molecular flexibility index (Phi) is 3.34. The van der Waals surface area contributed by atoms with Gasteiger partial charge in [0, 0.05) is 5.57 Å². The molecule has 0 aromatic heterocycles. The van der Waals surface area contributed by atoms with E-state index in [1.165, 1.54) is 12.1 Å². The second-order valence-corrected chi connectivity index (χ2v) is 5.30. The molecule has 0 N–H and O–H groups in total. The molecule has 1 heterocycles. The number of ether oxygens (including phenoxy) is 1. The molecule has 106 valence electrons. The summed E-state index contributed by atoms with van der Waals surface area (Å²) in [6.07, 6.45) is 1.75. The number of fused-ring (bicyclic) bond motifs is 1. The van der Waals surface area contributed by atoms with E-state index in [1.54, 1.807) is 18.2 Å². The van der Waals surface area contributed by atoms with Gasteiger partial charge < -0.3 is 4.74 Å². The highest BCUT2D eigenvalue weighted by molar-refractivity contribution is 6.14. The average molecular weight is 282 g/mol. The van der Waals surface area contributed by atoms with Gasteiger partial charge in [-0.2, -0.15) is 0 Å². The van der Waals surface area contributed by atoms with E-state index in [1.807, 2.05) is 26.0 Å². The first-order valence-electron chi connectivity index (χ1n) is 6.79. The summed E-state index contributed by atoms with van der Waals surface area (Å²) in [4.78, 5) is 12.6. The quantitative estimate of drug-likeness (QED) is 0.736. The number of aryl methyl sites for hydroxylation is 2. The van der Waals surface area contributed by atoms with Crippen molar-refractivity contribution >= 4 is 11.9 Å². The normalized spacial score (nSPS) is 15.8. The number of rotatable bonds is 1. The van der Waals surface area contributed by atoms with Gasteiger partial charge in [-0.15, -0.1) is 0 Å². The van der Waals surface area contributed by atoms with Gasteiger partial charge in [0.2, 0.25) is 0 Å². The second kappa shape index (κ2) is 5.17. The highest BCUT2D eigenvalue weighted by Gasteiger charge is 2.24. The lowest BCUT2D eigenvalue weighted by Gasteiger charge is -2.21. The first-order chi connectivity index (χ1) is 10.0. The molecule has 0 saturated heterocycles. The first-order valence-corrected chi connectivity index (χ1v) is 6.79. The minimum atomic E-state index is -0.292. The molecule has 0 saturated carbocycles. The Morgan fingerprint density at radius 1 is 1.14 bits per heavy atom. The van der Waals surface area contributed by atoms with Crippen LogP contribution in [0.2, 0.25) is 0 Å². The van der Waals surface area contributed by atoms with E-state index in [0.717, 1.165) is 16.7 Å². The monoisotopic (exact) mass is 282 g/mol. The van der Waals surface area contributed by atoms with E-state index < -0.39 is 0 Å². The number of hydrogen-bond donors (Lipinski definition) is 0. The van der Waals surface area contributed by atoms with Crippen molar-refractivity contribution in [2.45, 2.75) is 13.8 Å². The molecular formula is C18H15FO2. The third-order valence-electron chi connectivity index (χ3n) is 3.54. The minimum absolute atomic E-state index is 0.0209. The Balaban J connectivity index is 2.00. The zero-order valence-corrected chi connectivity index (χ0v) is 11.9. The van der Waals surface area contributed by atoms with Crippen LogP contribution in [0.3, 0.4) is 0 Å². The number of benzene rings is 2. The minimum Gasteiger partial charge on any atom is -0.488 e. The number of carbonyl (C=O) groups excluding carboxylic acids is 1. The second-order valence-electron chi connectivity index (χ2n) is 5.30. The van der Waals surface area contributed by atoms with Gasteiger partial charge in [-0.1, -0.05) is 18.2 Å². The molecule has 21 heavy (non-hydrogen) atoms. The van der Waals surface area contributed by atoms with E-state index in [2.05, 4.69) is 0 Å². The highest BCUT2D eigenvalue weighted by atomic mass is 19.1. The molecule has 0 amide bonds. The fourth-order valence-electron chi connectivity index (χ4n) is 2.57. The Bertz CT molecular complexity index is 743. The van der Waals surface area contributed by atoms with Crippen molar-refractivity contribution in [3.63, 3.8) is 0 Å². The van der Waals surface area contributed by atoms with Crippen molar-refractivity contribution in [2.24, 2.45) is 0 Å². The SMILES string of the molecule is Cc1cc(C)c2c(c1)C(=O)/C(=C\c1ccc(F)cc1)CO2. The average Bonchev–Trinajstić information content (AvgIpc) is 2.45. The number of ketones is 1. The third kappa shape index (κ3) is 2.59. The highest BCUT2D eigenvalue weighted by Crippen LogP contribution is 2.32. The number of halogens is 1. The van der Waals surface area contributed by atoms with Crippen molar-refractivity contribution in [3.05, 3.63) is 70.0 Å². The number of carbonyl (C=O) groups is 1. The maximum atomic E-state index is 12.9. The van der Waals surface area contributed by atoms with Crippen LogP contribution in [-0.4, -0.2) is 12.4 Å². The van der Waals surface area contributed by atoms with E-state index in [4.69, 9.17) is 4.74 Å². The summed E-state index contributed by atoms with van der Waals surface area (Å²) < 4.78 is 18.6. The topological polar surface area (TPSA) is 26.3 Å². The summed E-state index contributed by atoms with van der Waals surface area (Å²) in [7, 11) is 0. The molecule has 1 aliphatic rings. The predicted molar refractivity (Wildman–Crippen MR) is 80.1 cm³/mol. The fourth-order valence-corrected chi connectivity index (χ4v) is 2.57. The molecule has 2 aromatic rings. The number of Topliss-reactive ketones (excluding diaryl/α,β-unsaturated/α-hetero) is 1. The molecule has 0 bridgehead atoms. The Morgan fingerprint density at radius 3 is 2.57 bits per heavy atom. The lowest BCUT2D eigenvalue weighted by molar-refractivity contribution is 0.100. The van der Waals surface area contributed by atoms with Gasteiger partial charge >= 0.3 is 0 Å². The Labute approximate surface area is 122 Å². The molecular weight excluding hydrogens is 267 g/mol. The van der Waals surface area contributed by atoms with Crippen LogP contribution in [0.15, 0.2) is 42.0 Å². The molecule has 3 rings (SSSR count). The van der Waals surface area contributed by atoms with Gasteiger partial charge in [0.15, 0.2) is 5.78 Å².